The van der Waals surface area contributed by atoms with Crippen molar-refractivity contribution < 1.29 is 4.79 Å². The molecule has 4 heteroatoms. The van der Waals surface area contributed by atoms with Gasteiger partial charge in [0.1, 0.15) is 0 Å². The van der Waals surface area contributed by atoms with E-state index >= 15 is 0 Å². The van der Waals surface area contributed by atoms with E-state index in [1.165, 1.54) is 19.3 Å². The molecule has 1 amide bonds. The van der Waals surface area contributed by atoms with E-state index in [1.54, 1.807) is 0 Å². The van der Waals surface area contributed by atoms with Crippen molar-refractivity contribution in [2.45, 2.75) is 49.8 Å². The predicted octanol–water partition coefficient (Wildman–Crippen LogP) is 5.32. The second kappa shape index (κ2) is 4.98. The molecule has 0 aliphatic heterocycles. The fourth-order valence-corrected chi connectivity index (χ4v) is 7.12. The zero-order valence-electron chi connectivity index (χ0n) is 12.8. The predicted molar refractivity (Wildman–Crippen MR) is 93.6 cm³/mol. The topological polar surface area (TPSA) is 29.1 Å². The van der Waals surface area contributed by atoms with Crippen LogP contribution in [0.15, 0.2) is 18.2 Å². The Kier molecular flexibility index (Phi) is 3.40. The van der Waals surface area contributed by atoms with Crippen molar-refractivity contribution in [1.29, 1.82) is 0 Å². The molecule has 4 bridgehead atoms. The summed E-state index contributed by atoms with van der Waals surface area (Å²) in [5.74, 6) is 1.66. The normalized spacial score (nSPS) is 39.0. The van der Waals surface area contributed by atoms with Crippen LogP contribution >= 0.6 is 27.5 Å². The number of carbonyl (C=O) groups excluding carboxylic acids is 1. The van der Waals surface area contributed by atoms with Gasteiger partial charge in [-0.2, -0.15) is 0 Å². The first kappa shape index (κ1) is 15.0. The van der Waals surface area contributed by atoms with E-state index in [2.05, 4.69) is 21.2 Å². The molecule has 0 heterocycles. The largest absolute Gasteiger partial charge is 0.325 e. The average Bonchev–Trinajstić information content (AvgIpc) is 2.39. The monoisotopic (exact) mass is 381 g/mol. The van der Waals surface area contributed by atoms with Crippen molar-refractivity contribution in [3.8, 4) is 0 Å². The summed E-state index contributed by atoms with van der Waals surface area (Å²) in [6, 6.07) is 5.67. The maximum Gasteiger partial charge on any atom is 0.230 e. The minimum absolute atomic E-state index is 0.167. The second-order valence-electron chi connectivity index (χ2n) is 7.81. The molecule has 2 atom stereocenters. The summed E-state index contributed by atoms with van der Waals surface area (Å²) in [6.45, 7) is 1.99. The fourth-order valence-electron chi connectivity index (χ4n) is 5.44. The van der Waals surface area contributed by atoms with E-state index < -0.39 is 0 Å². The van der Waals surface area contributed by atoms with Gasteiger partial charge in [-0.05, 0) is 81.0 Å². The standard InChI is InChI=1S/C18H21BrClNO/c1-11-4-14(20)2-3-15(11)21-16(22)17-6-12-5-13(7-17)9-18(19,8-12)10-17/h2-4,12-13H,5-10H2,1H3,(H,21,22). The van der Waals surface area contributed by atoms with Gasteiger partial charge in [-0.15, -0.1) is 0 Å². The number of carbonyl (C=O) groups is 1. The third kappa shape index (κ3) is 2.41. The van der Waals surface area contributed by atoms with Gasteiger partial charge >= 0.3 is 0 Å². The van der Waals surface area contributed by atoms with Crippen LogP contribution in [0.5, 0.6) is 0 Å². The number of alkyl halides is 1. The summed E-state index contributed by atoms with van der Waals surface area (Å²) in [5, 5.41) is 3.91. The van der Waals surface area contributed by atoms with E-state index in [0.29, 0.717) is 5.02 Å². The fraction of sp³-hybridized carbons (Fsp3) is 0.611. The molecule has 22 heavy (non-hydrogen) atoms. The maximum absolute atomic E-state index is 13.1. The number of anilines is 1. The van der Waals surface area contributed by atoms with Crippen LogP contribution in [0.4, 0.5) is 5.69 Å². The molecule has 2 nitrogen and oxygen atoms in total. The summed E-state index contributed by atoms with van der Waals surface area (Å²) in [6.07, 6.45) is 6.94. The molecule has 4 aliphatic carbocycles. The van der Waals surface area contributed by atoms with Crippen LogP contribution in [0.3, 0.4) is 0 Å². The van der Waals surface area contributed by atoms with Crippen LogP contribution in [-0.4, -0.2) is 10.2 Å². The molecule has 0 radical (unpaired) electrons. The van der Waals surface area contributed by atoms with Crippen molar-refractivity contribution in [2.75, 3.05) is 5.32 Å². The smallest absolute Gasteiger partial charge is 0.230 e. The number of benzene rings is 1. The molecule has 4 saturated carbocycles. The highest BCUT2D eigenvalue weighted by Gasteiger charge is 2.59. The van der Waals surface area contributed by atoms with Crippen LogP contribution in [-0.2, 0) is 4.79 Å². The first-order valence-electron chi connectivity index (χ1n) is 8.14. The third-order valence-electron chi connectivity index (χ3n) is 5.91. The lowest BCUT2D eigenvalue weighted by atomic mass is 9.49. The summed E-state index contributed by atoms with van der Waals surface area (Å²) in [5.41, 5.74) is 1.76. The molecule has 118 valence electrons. The Labute approximate surface area is 145 Å². The zero-order valence-corrected chi connectivity index (χ0v) is 15.1. The van der Waals surface area contributed by atoms with Gasteiger partial charge in [0.2, 0.25) is 5.91 Å². The van der Waals surface area contributed by atoms with Gasteiger partial charge in [-0.3, -0.25) is 4.79 Å². The Balaban J connectivity index is 1.60. The van der Waals surface area contributed by atoms with Gasteiger partial charge in [-0.1, -0.05) is 27.5 Å². The Morgan fingerprint density at radius 2 is 1.95 bits per heavy atom. The number of aryl methyl sites for hydroxylation is 1. The molecule has 1 N–H and O–H groups in total. The quantitative estimate of drug-likeness (QED) is 0.689. The molecule has 4 aliphatic rings. The van der Waals surface area contributed by atoms with Crippen molar-refractivity contribution in [2.24, 2.45) is 17.3 Å². The molecular weight excluding hydrogens is 362 g/mol. The Morgan fingerprint density at radius 1 is 1.27 bits per heavy atom. The van der Waals surface area contributed by atoms with Crippen molar-refractivity contribution in [3.63, 3.8) is 0 Å². The molecule has 0 saturated heterocycles. The van der Waals surface area contributed by atoms with Crippen LogP contribution in [0, 0.1) is 24.2 Å². The highest BCUT2D eigenvalue weighted by atomic mass is 79.9. The van der Waals surface area contributed by atoms with E-state index in [9.17, 15) is 4.79 Å². The Morgan fingerprint density at radius 3 is 2.55 bits per heavy atom. The van der Waals surface area contributed by atoms with E-state index in [0.717, 1.165) is 42.3 Å². The van der Waals surface area contributed by atoms with Gasteiger partial charge in [0.15, 0.2) is 0 Å². The van der Waals surface area contributed by atoms with Crippen LogP contribution in [0.25, 0.3) is 0 Å². The summed E-state index contributed by atoms with van der Waals surface area (Å²) in [4.78, 5) is 13.1. The van der Waals surface area contributed by atoms with Crippen molar-refractivity contribution >= 4 is 39.1 Å². The SMILES string of the molecule is Cc1cc(Cl)ccc1NC(=O)C12CC3CC(CC(Br)(C3)C1)C2. The molecule has 5 rings (SSSR count). The number of hydrogen-bond acceptors (Lipinski definition) is 1. The number of rotatable bonds is 2. The minimum Gasteiger partial charge on any atom is -0.325 e. The lowest BCUT2D eigenvalue weighted by Gasteiger charge is -2.59. The van der Waals surface area contributed by atoms with E-state index in [4.69, 9.17) is 11.6 Å². The summed E-state index contributed by atoms with van der Waals surface area (Å²) >= 11 is 9.98. The molecule has 4 fully saturated rings. The van der Waals surface area contributed by atoms with Gasteiger partial charge in [-0.25, -0.2) is 0 Å². The van der Waals surface area contributed by atoms with Gasteiger partial charge in [0.25, 0.3) is 0 Å². The maximum atomic E-state index is 13.1. The minimum atomic E-state index is -0.167. The van der Waals surface area contributed by atoms with Crippen molar-refractivity contribution in [1.82, 2.24) is 0 Å². The first-order chi connectivity index (χ1) is 10.4. The van der Waals surface area contributed by atoms with Crippen LogP contribution in [0.1, 0.15) is 44.1 Å². The average molecular weight is 383 g/mol. The van der Waals surface area contributed by atoms with E-state index in [-0.39, 0.29) is 15.6 Å². The number of nitrogens with one attached hydrogen (secondary N) is 1. The molecule has 1 aromatic rings. The molecule has 0 spiro atoms. The zero-order chi connectivity index (χ0) is 15.5. The second-order valence-corrected chi connectivity index (χ2v) is 9.92. The van der Waals surface area contributed by atoms with Gasteiger partial charge < -0.3 is 5.32 Å². The summed E-state index contributed by atoms with van der Waals surface area (Å²) in [7, 11) is 0. The van der Waals surface area contributed by atoms with Crippen molar-refractivity contribution in [3.05, 3.63) is 28.8 Å². The summed E-state index contributed by atoms with van der Waals surface area (Å²) < 4.78 is 0.212. The lowest BCUT2D eigenvalue weighted by Crippen LogP contribution is -2.57. The number of halogens is 2. The third-order valence-corrected chi connectivity index (χ3v) is 7.07. The number of amides is 1. The molecular formula is C18H21BrClNO. The van der Waals surface area contributed by atoms with Gasteiger partial charge in [0, 0.05) is 15.0 Å². The van der Waals surface area contributed by atoms with Gasteiger partial charge in [0.05, 0.1) is 5.41 Å². The highest BCUT2D eigenvalue weighted by Crippen LogP contribution is 2.64. The van der Waals surface area contributed by atoms with Crippen LogP contribution < -0.4 is 5.32 Å². The Hall–Kier alpha value is -0.540. The molecule has 1 aromatic carbocycles. The first-order valence-corrected chi connectivity index (χ1v) is 9.31. The van der Waals surface area contributed by atoms with E-state index in [1.807, 2.05) is 25.1 Å². The van der Waals surface area contributed by atoms with Crippen LogP contribution in [0.2, 0.25) is 5.02 Å². The molecule has 0 aromatic heterocycles. The highest BCUT2D eigenvalue weighted by molar-refractivity contribution is 9.10. The lowest BCUT2D eigenvalue weighted by molar-refractivity contribution is -0.138. The Bertz CT molecular complexity index is 630. The molecule has 2 unspecified atom stereocenters. The number of hydrogen-bond donors (Lipinski definition) is 1.